The summed E-state index contributed by atoms with van der Waals surface area (Å²) in [5.74, 6) is -0.173. The maximum absolute atomic E-state index is 12.0. The van der Waals surface area contributed by atoms with Gasteiger partial charge in [0, 0.05) is 13.7 Å². The van der Waals surface area contributed by atoms with Crippen LogP contribution in [0.4, 0.5) is 0 Å². The zero-order valence-electron chi connectivity index (χ0n) is 12.5. The Balaban J connectivity index is 2.24. The molecule has 0 aliphatic carbocycles. The Kier molecular flexibility index (Phi) is 5.37. The van der Waals surface area contributed by atoms with Gasteiger partial charge < -0.3 is 23.8 Å². The number of carbonyl (C=O) groups is 2. The molecule has 0 aromatic carbocycles. The minimum atomic E-state index is -0.512. The highest BCUT2D eigenvalue weighted by atomic mass is 16.5. The molecule has 0 fully saturated rings. The number of nitrogens with one attached hydrogen (secondary N) is 1. The zero-order chi connectivity index (χ0) is 15.9. The molecule has 0 aliphatic rings. The molecule has 22 heavy (non-hydrogen) atoms. The van der Waals surface area contributed by atoms with Crippen LogP contribution in [-0.2, 0) is 20.8 Å². The first-order valence-electron chi connectivity index (χ1n) is 6.74. The lowest BCUT2D eigenvalue weighted by atomic mass is 10.3. The van der Waals surface area contributed by atoms with E-state index in [4.69, 9.17) is 13.9 Å². The fourth-order valence-electron chi connectivity index (χ4n) is 2.05. The van der Waals surface area contributed by atoms with Gasteiger partial charge in [0.05, 0.1) is 25.7 Å². The largest absolute Gasteiger partial charge is 0.464 e. The number of hydrogen-bond acceptors (Lipinski definition) is 5. The molecule has 0 radical (unpaired) electrons. The van der Waals surface area contributed by atoms with Crippen LogP contribution < -0.4 is 5.32 Å². The van der Waals surface area contributed by atoms with E-state index in [9.17, 15) is 9.59 Å². The third-order valence-electron chi connectivity index (χ3n) is 3.08. The van der Waals surface area contributed by atoms with Crippen molar-refractivity contribution in [3.05, 3.63) is 36.2 Å². The van der Waals surface area contributed by atoms with Crippen molar-refractivity contribution in [3.8, 4) is 11.5 Å². The van der Waals surface area contributed by atoms with Gasteiger partial charge in [0.1, 0.15) is 18.0 Å². The Morgan fingerprint density at radius 1 is 1.27 bits per heavy atom. The van der Waals surface area contributed by atoms with Crippen molar-refractivity contribution in [2.24, 2.45) is 0 Å². The molecule has 0 spiro atoms. The average Bonchev–Trinajstić information content (AvgIpc) is 3.16. The smallest absolute Gasteiger partial charge is 0.354 e. The van der Waals surface area contributed by atoms with E-state index in [-0.39, 0.29) is 18.1 Å². The number of furan rings is 1. The molecule has 7 heteroatoms. The Morgan fingerprint density at radius 2 is 2.09 bits per heavy atom. The second-order valence-corrected chi connectivity index (χ2v) is 4.50. The van der Waals surface area contributed by atoms with Crippen molar-refractivity contribution in [1.29, 1.82) is 0 Å². The summed E-state index contributed by atoms with van der Waals surface area (Å²) in [7, 11) is 2.85. The Hall–Kier alpha value is -2.54. The van der Waals surface area contributed by atoms with E-state index in [1.54, 1.807) is 35.9 Å². The van der Waals surface area contributed by atoms with Crippen LogP contribution in [0.15, 0.2) is 34.9 Å². The molecule has 7 nitrogen and oxygen atoms in total. The summed E-state index contributed by atoms with van der Waals surface area (Å²) < 4.78 is 16.5. The molecule has 2 rings (SSSR count). The predicted octanol–water partition coefficient (Wildman–Crippen LogP) is 1.30. The second-order valence-electron chi connectivity index (χ2n) is 4.50. The van der Waals surface area contributed by atoms with E-state index in [0.717, 1.165) is 0 Å². The lowest BCUT2D eigenvalue weighted by Gasteiger charge is -2.11. The third kappa shape index (κ3) is 3.56. The number of esters is 1. The quantitative estimate of drug-likeness (QED) is 0.616. The molecule has 1 amide bonds. The summed E-state index contributed by atoms with van der Waals surface area (Å²) >= 11 is 0. The molecule has 0 saturated heterocycles. The summed E-state index contributed by atoms with van der Waals surface area (Å²) in [4.78, 5) is 23.8. The van der Waals surface area contributed by atoms with Crippen molar-refractivity contribution in [1.82, 2.24) is 9.88 Å². The van der Waals surface area contributed by atoms with Crippen molar-refractivity contribution in [2.75, 3.05) is 27.4 Å². The van der Waals surface area contributed by atoms with Crippen LogP contribution in [0, 0.1) is 0 Å². The summed E-state index contributed by atoms with van der Waals surface area (Å²) in [6, 6.07) is 6.82. The van der Waals surface area contributed by atoms with Gasteiger partial charge in [-0.1, -0.05) is 0 Å². The van der Waals surface area contributed by atoms with Gasteiger partial charge in [0.25, 0.3) is 0 Å². The molecule has 1 N–H and O–H groups in total. The zero-order valence-corrected chi connectivity index (χ0v) is 12.5. The first-order valence-corrected chi connectivity index (χ1v) is 6.74. The Morgan fingerprint density at radius 3 is 2.73 bits per heavy atom. The molecular formula is C15H18N2O5. The SMILES string of the molecule is COCCNC(=O)Cn1c(C(=O)OC)ccc1-c1ccco1. The van der Waals surface area contributed by atoms with E-state index >= 15 is 0 Å². The van der Waals surface area contributed by atoms with Crippen molar-refractivity contribution >= 4 is 11.9 Å². The first kappa shape index (κ1) is 15.8. The van der Waals surface area contributed by atoms with Gasteiger partial charge in [0.2, 0.25) is 5.91 Å². The highest BCUT2D eigenvalue weighted by Gasteiger charge is 2.19. The van der Waals surface area contributed by atoms with Gasteiger partial charge in [-0.15, -0.1) is 0 Å². The van der Waals surface area contributed by atoms with Crippen molar-refractivity contribution in [3.63, 3.8) is 0 Å². The minimum Gasteiger partial charge on any atom is -0.464 e. The molecular weight excluding hydrogens is 288 g/mol. The number of ether oxygens (including phenoxy) is 2. The molecule has 118 valence electrons. The van der Waals surface area contributed by atoms with Crippen LogP contribution in [0.3, 0.4) is 0 Å². The third-order valence-corrected chi connectivity index (χ3v) is 3.08. The van der Waals surface area contributed by atoms with E-state index in [1.807, 2.05) is 0 Å². The number of methoxy groups -OCH3 is 2. The van der Waals surface area contributed by atoms with Gasteiger partial charge in [-0.25, -0.2) is 4.79 Å². The first-order chi connectivity index (χ1) is 10.7. The van der Waals surface area contributed by atoms with E-state index in [0.29, 0.717) is 24.6 Å². The number of aromatic nitrogens is 1. The number of rotatable bonds is 7. The van der Waals surface area contributed by atoms with Gasteiger partial charge in [-0.2, -0.15) is 0 Å². The maximum Gasteiger partial charge on any atom is 0.354 e. The molecule has 2 aromatic heterocycles. The fourth-order valence-corrected chi connectivity index (χ4v) is 2.05. The van der Waals surface area contributed by atoms with E-state index < -0.39 is 5.97 Å². The van der Waals surface area contributed by atoms with Gasteiger partial charge in [-0.3, -0.25) is 4.79 Å². The summed E-state index contributed by atoms with van der Waals surface area (Å²) in [6.07, 6.45) is 1.53. The average molecular weight is 306 g/mol. The monoisotopic (exact) mass is 306 g/mol. The van der Waals surface area contributed by atoms with Crippen LogP contribution in [0.25, 0.3) is 11.5 Å². The standard InChI is InChI=1S/C15H18N2O5/c1-20-9-7-16-14(18)10-17-11(13-4-3-8-22-13)5-6-12(17)15(19)21-2/h3-6,8H,7,9-10H2,1-2H3,(H,16,18). The topological polar surface area (TPSA) is 82.7 Å². The second kappa shape index (κ2) is 7.46. The highest BCUT2D eigenvalue weighted by molar-refractivity contribution is 5.90. The van der Waals surface area contributed by atoms with Gasteiger partial charge in [0.15, 0.2) is 0 Å². The summed E-state index contributed by atoms with van der Waals surface area (Å²) in [5, 5.41) is 2.71. The van der Waals surface area contributed by atoms with Crippen LogP contribution in [0.5, 0.6) is 0 Å². The molecule has 0 aliphatic heterocycles. The van der Waals surface area contributed by atoms with Crippen LogP contribution >= 0.6 is 0 Å². The molecule has 2 heterocycles. The summed E-state index contributed by atoms with van der Waals surface area (Å²) in [5.41, 5.74) is 0.920. The minimum absolute atomic E-state index is 0.0167. The predicted molar refractivity (Wildman–Crippen MR) is 78.4 cm³/mol. The number of amides is 1. The van der Waals surface area contributed by atoms with Crippen molar-refractivity contribution in [2.45, 2.75) is 6.54 Å². The molecule has 2 aromatic rings. The van der Waals surface area contributed by atoms with Gasteiger partial charge in [-0.05, 0) is 24.3 Å². The molecule has 0 bridgehead atoms. The van der Waals surface area contributed by atoms with E-state index in [2.05, 4.69) is 5.32 Å². The number of carbonyl (C=O) groups excluding carboxylic acids is 2. The van der Waals surface area contributed by atoms with E-state index in [1.165, 1.54) is 13.4 Å². The normalized spacial score (nSPS) is 10.5. The highest BCUT2D eigenvalue weighted by Crippen LogP contribution is 2.23. The summed E-state index contributed by atoms with van der Waals surface area (Å²) in [6.45, 7) is 0.809. The Labute approximate surface area is 127 Å². The molecule has 0 atom stereocenters. The Bertz CT molecular complexity index is 630. The van der Waals surface area contributed by atoms with Crippen LogP contribution in [0.1, 0.15) is 10.5 Å². The molecule has 0 saturated carbocycles. The van der Waals surface area contributed by atoms with Crippen LogP contribution in [-0.4, -0.2) is 43.8 Å². The number of hydrogen-bond donors (Lipinski definition) is 1. The maximum atomic E-state index is 12.0. The molecule has 0 unspecified atom stereocenters. The van der Waals surface area contributed by atoms with Crippen molar-refractivity contribution < 1.29 is 23.5 Å². The number of nitrogens with zero attached hydrogens (tertiary/aromatic N) is 1. The fraction of sp³-hybridized carbons (Fsp3) is 0.333. The lowest BCUT2D eigenvalue weighted by molar-refractivity contribution is -0.121. The lowest BCUT2D eigenvalue weighted by Crippen LogP contribution is -2.31. The van der Waals surface area contributed by atoms with Gasteiger partial charge >= 0.3 is 5.97 Å². The van der Waals surface area contributed by atoms with Crippen LogP contribution in [0.2, 0.25) is 0 Å².